The Balaban J connectivity index is 1.95. The molecule has 1 saturated heterocycles. The maximum absolute atomic E-state index is 5.78. The molecule has 104 valence electrons. The fourth-order valence-corrected chi connectivity index (χ4v) is 2.45. The first kappa shape index (κ1) is 12.9. The predicted octanol–water partition coefficient (Wildman–Crippen LogP) is 2.91. The largest absolute Gasteiger partial charge is 0.384 e. The van der Waals surface area contributed by atoms with Gasteiger partial charge in [-0.05, 0) is 43.5 Å². The summed E-state index contributed by atoms with van der Waals surface area (Å²) in [6.07, 6.45) is 6.76. The van der Waals surface area contributed by atoms with E-state index < -0.39 is 0 Å². The summed E-state index contributed by atoms with van der Waals surface area (Å²) < 4.78 is 7.74. The van der Waals surface area contributed by atoms with Crippen molar-refractivity contribution >= 4 is 22.4 Å². The minimum absolute atomic E-state index is 0.0499. The number of rotatable bonds is 3. The van der Waals surface area contributed by atoms with E-state index in [-0.39, 0.29) is 6.23 Å². The highest BCUT2D eigenvalue weighted by Gasteiger charge is 2.18. The molecule has 0 radical (unpaired) electrons. The Bertz CT molecular complexity index is 653. The van der Waals surface area contributed by atoms with Crippen molar-refractivity contribution in [2.24, 2.45) is 10.7 Å². The van der Waals surface area contributed by atoms with E-state index in [1.165, 1.54) is 12.5 Å². The van der Waals surface area contributed by atoms with Gasteiger partial charge in [-0.2, -0.15) is 5.10 Å². The lowest BCUT2D eigenvalue weighted by Crippen LogP contribution is -2.18. The third kappa shape index (κ3) is 2.44. The third-order valence-electron chi connectivity index (χ3n) is 3.47. The molecule has 0 aliphatic carbocycles. The molecule has 1 unspecified atom stereocenters. The number of amidine groups is 1. The molecule has 20 heavy (non-hydrogen) atoms. The summed E-state index contributed by atoms with van der Waals surface area (Å²) in [5.74, 6) is 0.410. The van der Waals surface area contributed by atoms with E-state index in [1.807, 2.05) is 29.1 Å². The average molecular weight is 270 g/mol. The maximum atomic E-state index is 5.78. The molecular formula is C15H18N4O. The number of benzene rings is 1. The summed E-state index contributed by atoms with van der Waals surface area (Å²) in [6.45, 7) is 4.41. The number of hydrogen-bond donors (Lipinski definition) is 1. The lowest BCUT2D eigenvalue weighted by Gasteiger charge is -2.23. The zero-order valence-corrected chi connectivity index (χ0v) is 11.3. The second-order valence-electron chi connectivity index (χ2n) is 4.89. The highest BCUT2D eigenvalue weighted by Crippen LogP contribution is 2.28. The molecule has 2 aromatic rings. The van der Waals surface area contributed by atoms with Gasteiger partial charge in [0, 0.05) is 12.0 Å². The van der Waals surface area contributed by atoms with Crippen LogP contribution < -0.4 is 5.73 Å². The Hall–Kier alpha value is -2.14. The maximum Gasteiger partial charge on any atom is 0.150 e. The van der Waals surface area contributed by atoms with E-state index in [0.29, 0.717) is 5.84 Å². The Morgan fingerprint density at radius 2 is 2.40 bits per heavy atom. The van der Waals surface area contributed by atoms with Gasteiger partial charge in [0.05, 0.1) is 17.4 Å². The van der Waals surface area contributed by atoms with Crippen LogP contribution in [0.2, 0.25) is 0 Å². The van der Waals surface area contributed by atoms with Crippen LogP contribution in [0.25, 0.3) is 10.9 Å². The van der Waals surface area contributed by atoms with Crippen LogP contribution >= 0.6 is 0 Å². The molecule has 0 saturated carbocycles. The predicted molar refractivity (Wildman–Crippen MR) is 80.1 cm³/mol. The average Bonchev–Trinajstić information content (AvgIpc) is 2.91. The van der Waals surface area contributed by atoms with E-state index in [9.17, 15) is 0 Å². The third-order valence-corrected chi connectivity index (χ3v) is 3.47. The van der Waals surface area contributed by atoms with Crippen LogP contribution in [0.1, 0.15) is 25.5 Å². The van der Waals surface area contributed by atoms with Gasteiger partial charge in [-0.3, -0.25) is 0 Å². The van der Waals surface area contributed by atoms with E-state index in [0.717, 1.165) is 36.0 Å². The van der Waals surface area contributed by atoms with Gasteiger partial charge in [0.1, 0.15) is 5.84 Å². The Labute approximate surface area is 117 Å². The monoisotopic (exact) mass is 270 g/mol. The summed E-state index contributed by atoms with van der Waals surface area (Å²) in [5, 5.41) is 5.49. The standard InChI is InChI=1S/C15H18N4O/c1-2-14(16)18-12-6-7-13-11(9-12)10-17-19(13)15-5-3-4-8-20-15/h2,6-7,9-10,15H,1,3-5,8H2,(H2,16,18). The van der Waals surface area contributed by atoms with Crippen LogP contribution in [0.4, 0.5) is 5.69 Å². The molecule has 1 aliphatic rings. The Kier molecular flexibility index (Phi) is 3.52. The minimum Gasteiger partial charge on any atom is -0.384 e. The first-order chi connectivity index (χ1) is 9.78. The molecule has 5 nitrogen and oxygen atoms in total. The molecule has 1 aromatic carbocycles. The van der Waals surface area contributed by atoms with Crippen LogP contribution in [0.3, 0.4) is 0 Å². The van der Waals surface area contributed by atoms with Crippen molar-refractivity contribution in [2.45, 2.75) is 25.5 Å². The Morgan fingerprint density at radius 3 is 3.15 bits per heavy atom. The van der Waals surface area contributed by atoms with Gasteiger partial charge in [0.2, 0.25) is 0 Å². The first-order valence-electron chi connectivity index (χ1n) is 6.83. The topological polar surface area (TPSA) is 65.4 Å². The summed E-state index contributed by atoms with van der Waals surface area (Å²) in [4.78, 5) is 4.26. The summed E-state index contributed by atoms with van der Waals surface area (Å²) in [5.41, 5.74) is 7.53. The zero-order valence-electron chi connectivity index (χ0n) is 11.3. The van der Waals surface area contributed by atoms with E-state index >= 15 is 0 Å². The summed E-state index contributed by atoms with van der Waals surface area (Å²) in [7, 11) is 0. The number of nitrogens with two attached hydrogens (primary N) is 1. The second-order valence-corrected chi connectivity index (χ2v) is 4.89. The van der Waals surface area contributed by atoms with Crippen LogP contribution in [0.15, 0.2) is 42.0 Å². The number of ether oxygens (including phenoxy) is 1. The summed E-state index contributed by atoms with van der Waals surface area (Å²) in [6, 6.07) is 5.91. The van der Waals surface area contributed by atoms with Crippen molar-refractivity contribution in [1.82, 2.24) is 9.78 Å². The first-order valence-corrected chi connectivity index (χ1v) is 6.83. The molecule has 3 rings (SSSR count). The fraction of sp³-hybridized carbons (Fsp3) is 0.333. The van der Waals surface area contributed by atoms with E-state index in [4.69, 9.17) is 10.5 Å². The Morgan fingerprint density at radius 1 is 1.50 bits per heavy atom. The molecule has 0 spiro atoms. The molecule has 2 N–H and O–H groups in total. The number of aromatic nitrogens is 2. The lowest BCUT2D eigenvalue weighted by atomic mass is 10.2. The molecule has 1 aromatic heterocycles. The van der Waals surface area contributed by atoms with Gasteiger partial charge in [-0.25, -0.2) is 9.67 Å². The van der Waals surface area contributed by atoms with Crippen molar-refractivity contribution < 1.29 is 4.74 Å². The molecule has 0 bridgehead atoms. The van der Waals surface area contributed by atoms with Crippen molar-refractivity contribution in [3.8, 4) is 0 Å². The van der Waals surface area contributed by atoms with E-state index in [2.05, 4.69) is 16.7 Å². The van der Waals surface area contributed by atoms with Gasteiger partial charge in [0.15, 0.2) is 6.23 Å². The zero-order chi connectivity index (χ0) is 13.9. The molecule has 5 heteroatoms. The quantitative estimate of drug-likeness (QED) is 0.689. The normalized spacial score (nSPS) is 20.2. The van der Waals surface area contributed by atoms with Crippen LogP contribution in [0.5, 0.6) is 0 Å². The SMILES string of the molecule is C=CC(N)=Nc1ccc2c(cnn2C2CCCCO2)c1. The summed E-state index contributed by atoms with van der Waals surface area (Å²) >= 11 is 0. The van der Waals surface area contributed by atoms with Crippen LogP contribution in [-0.2, 0) is 4.74 Å². The van der Waals surface area contributed by atoms with Crippen LogP contribution in [0, 0.1) is 0 Å². The number of fused-ring (bicyclic) bond motifs is 1. The van der Waals surface area contributed by atoms with E-state index in [1.54, 1.807) is 0 Å². The number of nitrogens with zero attached hydrogens (tertiary/aromatic N) is 3. The lowest BCUT2D eigenvalue weighted by molar-refractivity contribution is -0.0366. The smallest absolute Gasteiger partial charge is 0.150 e. The van der Waals surface area contributed by atoms with Crippen molar-refractivity contribution in [2.75, 3.05) is 6.61 Å². The molecule has 0 amide bonds. The molecule has 1 fully saturated rings. The number of aliphatic imine (C=N–C) groups is 1. The molecule has 2 heterocycles. The highest BCUT2D eigenvalue weighted by atomic mass is 16.5. The molecule has 1 aliphatic heterocycles. The van der Waals surface area contributed by atoms with Gasteiger partial charge in [0.25, 0.3) is 0 Å². The molecule has 1 atom stereocenters. The van der Waals surface area contributed by atoms with Crippen molar-refractivity contribution in [3.63, 3.8) is 0 Å². The fourth-order valence-electron chi connectivity index (χ4n) is 2.45. The van der Waals surface area contributed by atoms with Gasteiger partial charge in [-0.15, -0.1) is 0 Å². The van der Waals surface area contributed by atoms with Gasteiger partial charge in [-0.1, -0.05) is 6.58 Å². The van der Waals surface area contributed by atoms with Gasteiger partial charge < -0.3 is 10.5 Å². The van der Waals surface area contributed by atoms with Crippen LogP contribution in [-0.4, -0.2) is 22.2 Å². The highest BCUT2D eigenvalue weighted by molar-refractivity contribution is 5.93. The van der Waals surface area contributed by atoms with Gasteiger partial charge >= 0.3 is 0 Å². The molecular weight excluding hydrogens is 252 g/mol. The van der Waals surface area contributed by atoms with Crippen molar-refractivity contribution in [3.05, 3.63) is 37.1 Å². The minimum atomic E-state index is 0.0499. The number of hydrogen-bond acceptors (Lipinski definition) is 3. The second kappa shape index (κ2) is 5.46. The van der Waals surface area contributed by atoms with Crippen molar-refractivity contribution in [1.29, 1.82) is 0 Å².